The van der Waals surface area contributed by atoms with Gasteiger partial charge >= 0.3 is 0 Å². The molecule has 0 bridgehead atoms. The van der Waals surface area contributed by atoms with Gasteiger partial charge in [-0.1, -0.05) is 22.0 Å². The molecular formula is C6H7BrF4. The average Bonchev–Trinajstić information content (AvgIpc) is 1.64. The standard InChI is InChI=1S/C6H4BrF.3FH/c7-5-2-1-3-6(8)4-5;;;/h1-4H;3*1H. The van der Waals surface area contributed by atoms with Crippen LogP contribution in [0.25, 0.3) is 0 Å². The largest absolute Gasteiger partial charge is 0.269 e. The number of hydrogen-bond donors (Lipinski definition) is 0. The first kappa shape index (κ1) is 16.8. The van der Waals surface area contributed by atoms with Crippen LogP contribution in [0.2, 0.25) is 0 Å². The molecule has 0 radical (unpaired) electrons. The van der Waals surface area contributed by atoms with E-state index in [4.69, 9.17) is 0 Å². The molecule has 0 fully saturated rings. The molecule has 66 valence electrons. The third kappa shape index (κ3) is 5.84. The van der Waals surface area contributed by atoms with Crippen LogP contribution in [0.4, 0.5) is 18.5 Å². The van der Waals surface area contributed by atoms with Gasteiger partial charge in [0.1, 0.15) is 5.82 Å². The van der Waals surface area contributed by atoms with Gasteiger partial charge in [0, 0.05) is 4.47 Å². The van der Waals surface area contributed by atoms with Crippen molar-refractivity contribution in [3.8, 4) is 0 Å². The van der Waals surface area contributed by atoms with Crippen molar-refractivity contribution in [1.29, 1.82) is 0 Å². The van der Waals surface area contributed by atoms with Gasteiger partial charge in [-0.15, -0.1) is 0 Å². The molecule has 0 unspecified atom stereocenters. The summed E-state index contributed by atoms with van der Waals surface area (Å²) in [6.45, 7) is 0. The SMILES string of the molecule is F.F.F.Fc1cccc(Br)c1. The van der Waals surface area contributed by atoms with Crippen LogP contribution >= 0.6 is 15.9 Å². The highest BCUT2D eigenvalue weighted by molar-refractivity contribution is 9.10. The van der Waals surface area contributed by atoms with E-state index in [2.05, 4.69) is 15.9 Å². The summed E-state index contributed by atoms with van der Waals surface area (Å²) < 4.78 is 12.9. The van der Waals surface area contributed by atoms with Gasteiger partial charge in [-0.25, -0.2) is 4.39 Å². The average molecular weight is 235 g/mol. The van der Waals surface area contributed by atoms with E-state index in [9.17, 15) is 4.39 Å². The lowest BCUT2D eigenvalue weighted by atomic mass is 10.4. The van der Waals surface area contributed by atoms with E-state index < -0.39 is 0 Å². The summed E-state index contributed by atoms with van der Waals surface area (Å²) in [7, 11) is 0. The molecule has 5 heteroatoms. The molecular weight excluding hydrogens is 228 g/mol. The highest BCUT2D eigenvalue weighted by Crippen LogP contribution is 2.09. The van der Waals surface area contributed by atoms with E-state index in [1.54, 1.807) is 12.1 Å². The molecule has 0 saturated heterocycles. The van der Waals surface area contributed by atoms with E-state index in [1.165, 1.54) is 12.1 Å². The van der Waals surface area contributed by atoms with Crippen LogP contribution in [0, 0.1) is 5.82 Å². The predicted octanol–water partition coefficient (Wildman–Crippen LogP) is 3.05. The van der Waals surface area contributed by atoms with Crippen molar-refractivity contribution in [1.82, 2.24) is 0 Å². The monoisotopic (exact) mass is 234 g/mol. The van der Waals surface area contributed by atoms with Crippen LogP contribution in [0.5, 0.6) is 0 Å². The lowest BCUT2D eigenvalue weighted by molar-refractivity contribution is 0.627. The van der Waals surface area contributed by atoms with Gasteiger partial charge in [0.15, 0.2) is 0 Å². The van der Waals surface area contributed by atoms with E-state index in [0.29, 0.717) is 0 Å². The second-order valence-corrected chi connectivity index (χ2v) is 2.36. The molecule has 0 atom stereocenters. The molecule has 1 rings (SSSR count). The fourth-order valence-corrected chi connectivity index (χ4v) is 0.831. The Labute approximate surface area is 69.7 Å². The van der Waals surface area contributed by atoms with Crippen LogP contribution in [0.3, 0.4) is 0 Å². The van der Waals surface area contributed by atoms with E-state index in [1.807, 2.05) is 0 Å². The smallest absolute Gasteiger partial charge is 0.124 e. The fraction of sp³-hybridized carbons (Fsp3) is 0. The normalized spacial score (nSPS) is 6.73. The Kier molecular flexibility index (Phi) is 11.5. The Morgan fingerprint density at radius 3 is 1.91 bits per heavy atom. The molecule has 0 aromatic heterocycles. The quantitative estimate of drug-likeness (QED) is 0.606. The molecule has 0 spiro atoms. The number of halogens is 5. The van der Waals surface area contributed by atoms with Crippen molar-refractivity contribution in [3.63, 3.8) is 0 Å². The minimum atomic E-state index is -0.209. The molecule has 1 aromatic carbocycles. The summed E-state index contributed by atoms with van der Waals surface area (Å²) in [5, 5.41) is 0. The third-order valence-electron chi connectivity index (χ3n) is 0.787. The van der Waals surface area contributed by atoms with Crippen LogP contribution < -0.4 is 0 Å². The van der Waals surface area contributed by atoms with E-state index in [-0.39, 0.29) is 19.9 Å². The van der Waals surface area contributed by atoms with Gasteiger partial charge in [0.2, 0.25) is 0 Å². The summed E-state index contributed by atoms with van der Waals surface area (Å²) in [6.07, 6.45) is 0. The van der Waals surface area contributed by atoms with Gasteiger partial charge in [-0.05, 0) is 18.2 Å². The summed E-state index contributed by atoms with van der Waals surface area (Å²) in [5.41, 5.74) is 0. The molecule has 0 aliphatic carbocycles. The van der Waals surface area contributed by atoms with Crippen LogP contribution in [0.15, 0.2) is 28.7 Å². The molecule has 11 heavy (non-hydrogen) atoms. The summed E-state index contributed by atoms with van der Waals surface area (Å²) in [5.74, 6) is -0.209. The summed E-state index contributed by atoms with van der Waals surface area (Å²) in [4.78, 5) is 0. The topological polar surface area (TPSA) is 0 Å². The third-order valence-corrected chi connectivity index (χ3v) is 1.28. The molecule has 0 N–H and O–H groups in total. The fourth-order valence-electron chi connectivity index (χ4n) is 0.460. The second kappa shape index (κ2) is 7.53. The molecule has 0 aliphatic heterocycles. The zero-order valence-electron chi connectivity index (χ0n) is 5.29. The molecule has 0 heterocycles. The molecule has 0 saturated carbocycles. The first-order valence-corrected chi connectivity index (χ1v) is 2.99. The Hall–Kier alpha value is -0.580. The summed E-state index contributed by atoms with van der Waals surface area (Å²) >= 11 is 3.12. The van der Waals surface area contributed by atoms with E-state index in [0.717, 1.165) is 4.47 Å². The van der Waals surface area contributed by atoms with Gasteiger partial charge < -0.3 is 0 Å². The van der Waals surface area contributed by atoms with Crippen LogP contribution in [-0.4, -0.2) is 0 Å². The van der Waals surface area contributed by atoms with Gasteiger partial charge in [-0.2, -0.15) is 0 Å². The highest BCUT2D eigenvalue weighted by Gasteiger charge is 1.86. The number of benzene rings is 1. The predicted molar refractivity (Wildman–Crippen MR) is 41.6 cm³/mol. The van der Waals surface area contributed by atoms with E-state index >= 15 is 0 Å². The lowest BCUT2D eigenvalue weighted by Gasteiger charge is -1.85. The van der Waals surface area contributed by atoms with Crippen molar-refractivity contribution in [2.75, 3.05) is 0 Å². The Morgan fingerprint density at radius 1 is 1.09 bits per heavy atom. The van der Waals surface area contributed by atoms with Gasteiger partial charge in [-0.3, -0.25) is 14.1 Å². The van der Waals surface area contributed by atoms with Gasteiger partial charge in [0.25, 0.3) is 0 Å². The number of rotatable bonds is 0. The van der Waals surface area contributed by atoms with Gasteiger partial charge in [0.05, 0.1) is 0 Å². The maximum absolute atomic E-state index is 12.1. The summed E-state index contributed by atoms with van der Waals surface area (Å²) in [6, 6.07) is 6.26. The van der Waals surface area contributed by atoms with Crippen LogP contribution in [-0.2, 0) is 0 Å². The Morgan fingerprint density at radius 2 is 1.64 bits per heavy atom. The zero-order valence-corrected chi connectivity index (χ0v) is 6.88. The molecule has 0 aliphatic rings. The lowest BCUT2D eigenvalue weighted by Crippen LogP contribution is -1.68. The van der Waals surface area contributed by atoms with Crippen molar-refractivity contribution < 1.29 is 18.5 Å². The minimum Gasteiger partial charge on any atom is -0.269 e. The molecule has 0 amide bonds. The van der Waals surface area contributed by atoms with Crippen molar-refractivity contribution in [2.24, 2.45) is 0 Å². The minimum absolute atomic E-state index is 0. The van der Waals surface area contributed by atoms with Crippen molar-refractivity contribution >= 4 is 15.9 Å². The second-order valence-electron chi connectivity index (χ2n) is 1.44. The van der Waals surface area contributed by atoms with Crippen molar-refractivity contribution in [2.45, 2.75) is 0 Å². The maximum atomic E-state index is 12.1. The highest BCUT2D eigenvalue weighted by atomic mass is 79.9. The Balaban J connectivity index is -0.000000213. The first-order chi connectivity index (χ1) is 3.79. The molecule has 0 nitrogen and oxygen atoms in total. The van der Waals surface area contributed by atoms with Crippen LogP contribution in [0.1, 0.15) is 0 Å². The first-order valence-electron chi connectivity index (χ1n) is 2.20. The molecule has 1 aromatic rings. The maximum Gasteiger partial charge on any atom is 0.124 e. The number of hydrogen-bond acceptors (Lipinski definition) is 0. The Bertz CT molecular complexity index is 174. The zero-order chi connectivity index (χ0) is 5.98. The van der Waals surface area contributed by atoms with Crippen molar-refractivity contribution in [3.05, 3.63) is 34.6 Å².